The second-order valence-electron chi connectivity index (χ2n) is 6.86. The van der Waals surface area contributed by atoms with Gasteiger partial charge >= 0.3 is 0 Å². The average Bonchev–Trinajstić information content (AvgIpc) is 3.55. The van der Waals surface area contributed by atoms with Crippen LogP contribution in [0.3, 0.4) is 0 Å². The van der Waals surface area contributed by atoms with E-state index in [9.17, 15) is 0 Å². The molecule has 0 N–H and O–H groups in total. The Morgan fingerprint density at radius 3 is 2.67 bits per heavy atom. The van der Waals surface area contributed by atoms with Crippen LogP contribution in [-0.4, -0.2) is 46.1 Å². The second kappa shape index (κ2) is 9.30. The summed E-state index contributed by atoms with van der Waals surface area (Å²) in [4.78, 5) is 8.29. The number of thioether (sulfide) groups is 1. The van der Waals surface area contributed by atoms with E-state index in [1.807, 2.05) is 6.07 Å². The van der Waals surface area contributed by atoms with Crippen molar-refractivity contribution in [2.75, 3.05) is 31.2 Å². The van der Waals surface area contributed by atoms with Gasteiger partial charge in [-0.1, -0.05) is 48.2 Å². The quantitative estimate of drug-likeness (QED) is 0.379. The number of ether oxygens (including phenoxy) is 1. The number of benzene rings is 1. The first-order valence-corrected chi connectivity index (χ1v) is 12.5. The highest BCUT2D eigenvalue weighted by Crippen LogP contribution is 2.31. The lowest BCUT2D eigenvalue weighted by atomic mass is 10.2. The summed E-state index contributed by atoms with van der Waals surface area (Å²) in [5, 5.41) is 15.3. The highest BCUT2D eigenvalue weighted by atomic mass is 32.2. The zero-order chi connectivity index (χ0) is 20.2. The number of nitrogens with zero attached hydrogens (tertiary/aromatic N) is 5. The minimum absolute atomic E-state index is 0.727. The van der Waals surface area contributed by atoms with Crippen LogP contribution < -0.4 is 4.90 Å². The molecule has 1 aromatic carbocycles. The Bertz CT molecular complexity index is 1070. The number of rotatable bonds is 7. The van der Waals surface area contributed by atoms with E-state index < -0.39 is 0 Å². The minimum Gasteiger partial charge on any atom is -0.378 e. The van der Waals surface area contributed by atoms with Gasteiger partial charge in [0.1, 0.15) is 5.01 Å². The predicted octanol–water partition coefficient (Wildman–Crippen LogP) is 4.64. The molecule has 3 aromatic heterocycles. The SMILES string of the molecule is c1ccc(Cn2c(SCc3csc(-c4cccs4)n3)nnc2N2CCOCC2)cc1. The van der Waals surface area contributed by atoms with Crippen LogP contribution in [0, 0.1) is 0 Å². The van der Waals surface area contributed by atoms with Gasteiger partial charge in [-0.3, -0.25) is 4.57 Å². The van der Waals surface area contributed by atoms with Crippen LogP contribution in [0.5, 0.6) is 0 Å². The zero-order valence-electron chi connectivity index (χ0n) is 16.3. The maximum absolute atomic E-state index is 5.51. The predicted molar refractivity (Wildman–Crippen MR) is 124 cm³/mol. The maximum atomic E-state index is 5.51. The summed E-state index contributed by atoms with van der Waals surface area (Å²) in [6.45, 7) is 3.89. The van der Waals surface area contributed by atoms with Crippen molar-refractivity contribution in [2.45, 2.75) is 17.5 Å². The monoisotopic (exact) mass is 455 g/mol. The van der Waals surface area contributed by atoms with E-state index in [2.05, 4.69) is 66.8 Å². The van der Waals surface area contributed by atoms with Crippen molar-refractivity contribution in [3.8, 4) is 9.88 Å². The molecule has 0 spiro atoms. The van der Waals surface area contributed by atoms with Crippen molar-refractivity contribution in [1.82, 2.24) is 19.7 Å². The van der Waals surface area contributed by atoms with Gasteiger partial charge in [-0.15, -0.1) is 32.9 Å². The van der Waals surface area contributed by atoms with Gasteiger partial charge in [0.25, 0.3) is 0 Å². The van der Waals surface area contributed by atoms with E-state index in [0.717, 1.165) is 60.4 Å². The van der Waals surface area contributed by atoms with E-state index in [0.29, 0.717) is 0 Å². The molecular formula is C21H21N5OS3. The molecule has 30 heavy (non-hydrogen) atoms. The van der Waals surface area contributed by atoms with Crippen molar-refractivity contribution in [3.05, 3.63) is 64.5 Å². The molecule has 0 bridgehead atoms. The van der Waals surface area contributed by atoms with Crippen molar-refractivity contribution in [2.24, 2.45) is 0 Å². The lowest BCUT2D eigenvalue weighted by Gasteiger charge is -2.28. The van der Waals surface area contributed by atoms with E-state index >= 15 is 0 Å². The van der Waals surface area contributed by atoms with Crippen LogP contribution in [0.1, 0.15) is 11.3 Å². The average molecular weight is 456 g/mol. The smallest absolute Gasteiger partial charge is 0.228 e. The Kier molecular flexibility index (Phi) is 6.12. The topological polar surface area (TPSA) is 56.1 Å². The summed E-state index contributed by atoms with van der Waals surface area (Å²) in [6.07, 6.45) is 0. The molecule has 4 heterocycles. The summed E-state index contributed by atoms with van der Waals surface area (Å²) < 4.78 is 7.73. The molecule has 0 atom stereocenters. The van der Waals surface area contributed by atoms with Gasteiger partial charge in [0.05, 0.1) is 30.3 Å². The molecule has 0 aliphatic carbocycles. The van der Waals surface area contributed by atoms with E-state index in [1.165, 1.54) is 10.4 Å². The maximum Gasteiger partial charge on any atom is 0.228 e. The Labute approximate surface area is 187 Å². The third-order valence-corrected chi connectivity index (χ3v) is 7.74. The lowest BCUT2D eigenvalue weighted by Crippen LogP contribution is -2.38. The lowest BCUT2D eigenvalue weighted by molar-refractivity contribution is 0.121. The number of aromatic nitrogens is 4. The van der Waals surface area contributed by atoms with E-state index in [-0.39, 0.29) is 0 Å². The molecule has 9 heteroatoms. The van der Waals surface area contributed by atoms with Gasteiger partial charge in [-0.25, -0.2) is 4.98 Å². The molecule has 6 nitrogen and oxygen atoms in total. The first kappa shape index (κ1) is 19.7. The van der Waals surface area contributed by atoms with Gasteiger partial charge in [0, 0.05) is 24.2 Å². The van der Waals surface area contributed by atoms with Crippen LogP contribution in [0.4, 0.5) is 5.95 Å². The highest BCUT2D eigenvalue weighted by Gasteiger charge is 2.21. The Morgan fingerprint density at radius 2 is 1.87 bits per heavy atom. The fraction of sp³-hybridized carbons (Fsp3) is 0.286. The molecule has 1 saturated heterocycles. The fourth-order valence-corrected chi connectivity index (χ4v) is 5.88. The van der Waals surface area contributed by atoms with Crippen molar-refractivity contribution >= 4 is 40.4 Å². The summed E-state index contributed by atoms with van der Waals surface area (Å²) in [5.74, 6) is 1.69. The Morgan fingerprint density at radius 1 is 1.00 bits per heavy atom. The molecule has 1 aliphatic heterocycles. The highest BCUT2D eigenvalue weighted by molar-refractivity contribution is 7.98. The number of thiophene rings is 1. The normalized spacial score (nSPS) is 14.3. The van der Waals surface area contributed by atoms with Crippen molar-refractivity contribution in [3.63, 3.8) is 0 Å². The van der Waals surface area contributed by atoms with Crippen LogP contribution in [0.15, 0.2) is 58.4 Å². The number of hydrogen-bond acceptors (Lipinski definition) is 8. The molecule has 5 rings (SSSR count). The van der Waals surface area contributed by atoms with Crippen LogP contribution in [0.2, 0.25) is 0 Å². The van der Waals surface area contributed by atoms with Gasteiger partial charge < -0.3 is 9.64 Å². The van der Waals surface area contributed by atoms with E-state index in [1.54, 1.807) is 34.4 Å². The van der Waals surface area contributed by atoms with Gasteiger partial charge in [-0.05, 0) is 17.0 Å². The van der Waals surface area contributed by atoms with Gasteiger partial charge in [-0.2, -0.15) is 0 Å². The molecule has 1 fully saturated rings. The molecule has 0 saturated carbocycles. The summed E-state index contributed by atoms with van der Waals surface area (Å²) in [6, 6.07) is 14.7. The number of hydrogen-bond donors (Lipinski definition) is 0. The van der Waals surface area contributed by atoms with Gasteiger partial charge in [0.2, 0.25) is 5.95 Å². The minimum atomic E-state index is 0.727. The largest absolute Gasteiger partial charge is 0.378 e. The summed E-state index contributed by atoms with van der Waals surface area (Å²) >= 11 is 5.12. The van der Waals surface area contributed by atoms with Crippen molar-refractivity contribution < 1.29 is 4.74 Å². The third kappa shape index (κ3) is 4.44. The number of thiazole rings is 1. The molecule has 1 aliphatic rings. The fourth-order valence-electron chi connectivity index (χ4n) is 3.31. The first-order chi connectivity index (χ1) is 14.9. The molecule has 0 radical (unpaired) electrons. The third-order valence-electron chi connectivity index (χ3n) is 4.81. The molecule has 154 valence electrons. The van der Waals surface area contributed by atoms with Crippen LogP contribution in [-0.2, 0) is 17.0 Å². The van der Waals surface area contributed by atoms with Crippen LogP contribution in [0.25, 0.3) is 9.88 Å². The molecular weight excluding hydrogens is 434 g/mol. The van der Waals surface area contributed by atoms with Crippen LogP contribution >= 0.6 is 34.4 Å². The standard InChI is InChI=1S/C21H21N5OS3/c1-2-5-16(6-3-1)13-26-20(25-8-10-27-11-9-25)23-24-21(26)30-15-17-14-29-19(22-17)18-7-4-12-28-18/h1-7,12,14H,8-11,13,15H2. The molecule has 4 aromatic rings. The number of anilines is 1. The second-order valence-corrected chi connectivity index (χ2v) is 9.61. The van der Waals surface area contributed by atoms with E-state index in [4.69, 9.17) is 9.72 Å². The van der Waals surface area contributed by atoms with Crippen molar-refractivity contribution in [1.29, 1.82) is 0 Å². The summed E-state index contributed by atoms with van der Waals surface area (Å²) in [5.41, 5.74) is 2.32. The Hall–Kier alpha value is -2.20. The molecule has 0 unspecified atom stereocenters. The zero-order valence-corrected chi connectivity index (χ0v) is 18.8. The Balaban J connectivity index is 1.36. The van der Waals surface area contributed by atoms with Gasteiger partial charge in [0.15, 0.2) is 5.16 Å². The number of morpholine rings is 1. The molecule has 0 amide bonds. The first-order valence-electron chi connectivity index (χ1n) is 9.78. The summed E-state index contributed by atoms with van der Waals surface area (Å²) in [7, 11) is 0.